The van der Waals surface area contributed by atoms with Gasteiger partial charge < -0.3 is 5.32 Å². The molecule has 1 rings (SSSR count). The molecule has 0 amide bonds. The third-order valence-corrected chi connectivity index (χ3v) is 2.05. The van der Waals surface area contributed by atoms with Gasteiger partial charge in [-0.3, -0.25) is 0 Å². The highest BCUT2D eigenvalue weighted by molar-refractivity contribution is 6.36. The zero-order valence-electron chi connectivity index (χ0n) is 7.06. The van der Waals surface area contributed by atoms with Gasteiger partial charge in [-0.05, 0) is 19.1 Å². The molecular formula is C9H8Cl2N2. The lowest BCUT2D eigenvalue weighted by Crippen LogP contribution is -1.99. The van der Waals surface area contributed by atoms with E-state index in [9.17, 15) is 0 Å². The Balaban J connectivity index is 3.23. The van der Waals surface area contributed by atoms with Crippen molar-refractivity contribution in [1.82, 2.24) is 0 Å². The first-order chi connectivity index (χ1) is 6.19. The third kappa shape index (κ3) is 2.27. The Morgan fingerprint density at radius 2 is 2.15 bits per heavy atom. The molecule has 0 aliphatic heterocycles. The molecule has 0 unspecified atom stereocenters. The Morgan fingerprint density at radius 1 is 1.46 bits per heavy atom. The summed E-state index contributed by atoms with van der Waals surface area (Å²) in [5.41, 5.74) is 1.12. The summed E-state index contributed by atoms with van der Waals surface area (Å²) in [4.78, 5) is 0. The Morgan fingerprint density at radius 3 is 2.69 bits per heavy atom. The maximum atomic E-state index is 8.79. The highest BCUT2D eigenvalue weighted by atomic mass is 35.5. The van der Waals surface area contributed by atoms with Gasteiger partial charge in [0, 0.05) is 11.6 Å². The lowest BCUT2D eigenvalue weighted by atomic mass is 10.2. The van der Waals surface area contributed by atoms with Crippen molar-refractivity contribution in [2.24, 2.45) is 0 Å². The normalized spacial score (nSPS) is 9.38. The largest absolute Gasteiger partial charge is 0.383 e. The second-order valence-corrected chi connectivity index (χ2v) is 3.30. The summed E-state index contributed by atoms with van der Waals surface area (Å²) < 4.78 is 0. The molecule has 1 aromatic carbocycles. The molecule has 0 radical (unpaired) electrons. The van der Waals surface area contributed by atoms with E-state index in [-0.39, 0.29) is 0 Å². The van der Waals surface area contributed by atoms with Crippen LogP contribution in [-0.2, 0) is 0 Å². The number of hydrogen-bond acceptors (Lipinski definition) is 2. The smallest absolute Gasteiger partial charge is 0.101 e. The first kappa shape index (κ1) is 10.2. The summed E-state index contributed by atoms with van der Waals surface area (Å²) in [6, 6.07) is 5.23. The lowest BCUT2D eigenvalue weighted by Gasteiger charge is -2.07. The predicted molar refractivity (Wildman–Crippen MR) is 55.3 cm³/mol. The molecule has 0 atom stereocenters. The third-order valence-electron chi connectivity index (χ3n) is 1.53. The zero-order chi connectivity index (χ0) is 9.84. The standard InChI is InChI=1S/C9H8Cl2N2/c1-2-13-9-6(5-12)3-7(10)4-8(9)11/h3-4,13H,2H2,1H3. The number of anilines is 1. The fourth-order valence-electron chi connectivity index (χ4n) is 1.02. The minimum absolute atomic E-state index is 0.472. The molecule has 68 valence electrons. The zero-order valence-corrected chi connectivity index (χ0v) is 8.58. The molecule has 13 heavy (non-hydrogen) atoms. The maximum Gasteiger partial charge on any atom is 0.101 e. The molecule has 2 nitrogen and oxygen atoms in total. The Kier molecular flexibility index (Phi) is 3.41. The molecule has 0 aliphatic carbocycles. The van der Waals surface area contributed by atoms with Crippen molar-refractivity contribution in [3.8, 4) is 6.07 Å². The van der Waals surface area contributed by atoms with Crippen molar-refractivity contribution in [3.05, 3.63) is 27.7 Å². The van der Waals surface area contributed by atoms with Crippen LogP contribution in [-0.4, -0.2) is 6.54 Å². The van der Waals surface area contributed by atoms with Crippen molar-refractivity contribution in [1.29, 1.82) is 5.26 Å². The van der Waals surface area contributed by atoms with Gasteiger partial charge >= 0.3 is 0 Å². The monoisotopic (exact) mass is 214 g/mol. The number of hydrogen-bond donors (Lipinski definition) is 1. The lowest BCUT2D eigenvalue weighted by molar-refractivity contribution is 1.21. The van der Waals surface area contributed by atoms with Gasteiger partial charge in [0.25, 0.3) is 0 Å². The molecule has 0 aromatic heterocycles. The molecule has 0 heterocycles. The summed E-state index contributed by atoms with van der Waals surface area (Å²) >= 11 is 11.6. The van der Waals surface area contributed by atoms with Crippen LogP contribution in [0.25, 0.3) is 0 Å². The molecular weight excluding hydrogens is 207 g/mol. The van der Waals surface area contributed by atoms with E-state index in [1.165, 1.54) is 0 Å². The van der Waals surface area contributed by atoms with E-state index in [2.05, 4.69) is 5.32 Å². The molecule has 0 fully saturated rings. The van der Waals surface area contributed by atoms with E-state index in [4.69, 9.17) is 28.5 Å². The van der Waals surface area contributed by atoms with Crippen LogP contribution in [0.5, 0.6) is 0 Å². The number of nitrogens with one attached hydrogen (secondary N) is 1. The fourth-order valence-corrected chi connectivity index (χ4v) is 1.58. The average Bonchev–Trinajstić information content (AvgIpc) is 2.09. The highest BCUT2D eigenvalue weighted by Gasteiger charge is 2.07. The van der Waals surface area contributed by atoms with Gasteiger partial charge in [0.05, 0.1) is 16.3 Å². The van der Waals surface area contributed by atoms with E-state index in [1.54, 1.807) is 12.1 Å². The van der Waals surface area contributed by atoms with E-state index >= 15 is 0 Å². The average molecular weight is 215 g/mol. The fraction of sp³-hybridized carbons (Fsp3) is 0.222. The van der Waals surface area contributed by atoms with Crippen molar-refractivity contribution in [3.63, 3.8) is 0 Å². The second-order valence-electron chi connectivity index (χ2n) is 2.45. The number of nitrogens with zero attached hydrogens (tertiary/aromatic N) is 1. The van der Waals surface area contributed by atoms with Gasteiger partial charge in [-0.1, -0.05) is 23.2 Å². The molecule has 0 spiro atoms. The molecule has 1 aromatic rings. The van der Waals surface area contributed by atoms with E-state index < -0.39 is 0 Å². The Hall–Kier alpha value is -0.910. The number of halogens is 2. The van der Waals surface area contributed by atoms with Crippen LogP contribution in [0.1, 0.15) is 12.5 Å². The van der Waals surface area contributed by atoms with E-state index in [0.717, 1.165) is 6.54 Å². The van der Waals surface area contributed by atoms with Crippen LogP contribution in [0.4, 0.5) is 5.69 Å². The molecule has 4 heteroatoms. The maximum absolute atomic E-state index is 8.79. The topological polar surface area (TPSA) is 35.8 Å². The van der Waals surface area contributed by atoms with Crippen LogP contribution in [0.15, 0.2) is 12.1 Å². The van der Waals surface area contributed by atoms with Crippen LogP contribution in [0.3, 0.4) is 0 Å². The first-order valence-electron chi connectivity index (χ1n) is 3.82. The Bertz CT molecular complexity index is 355. The number of rotatable bonds is 2. The molecule has 0 bridgehead atoms. The first-order valence-corrected chi connectivity index (χ1v) is 4.57. The van der Waals surface area contributed by atoms with Gasteiger partial charge in [-0.15, -0.1) is 0 Å². The summed E-state index contributed by atoms with van der Waals surface area (Å²) in [7, 11) is 0. The van der Waals surface area contributed by atoms with Gasteiger partial charge in [0.1, 0.15) is 6.07 Å². The van der Waals surface area contributed by atoms with E-state index in [1.807, 2.05) is 13.0 Å². The predicted octanol–water partition coefficient (Wildman–Crippen LogP) is 3.30. The summed E-state index contributed by atoms with van der Waals surface area (Å²) in [6.07, 6.45) is 0. The SMILES string of the molecule is CCNc1c(Cl)cc(Cl)cc1C#N. The van der Waals surface area contributed by atoms with E-state index in [0.29, 0.717) is 21.3 Å². The van der Waals surface area contributed by atoms with Crippen molar-refractivity contribution < 1.29 is 0 Å². The summed E-state index contributed by atoms with van der Waals surface area (Å²) in [5.74, 6) is 0. The summed E-state index contributed by atoms with van der Waals surface area (Å²) in [5, 5.41) is 12.7. The van der Waals surface area contributed by atoms with Gasteiger partial charge in [0.2, 0.25) is 0 Å². The van der Waals surface area contributed by atoms with Crippen LogP contribution in [0, 0.1) is 11.3 Å². The van der Waals surface area contributed by atoms with Crippen LogP contribution in [0.2, 0.25) is 10.0 Å². The van der Waals surface area contributed by atoms with Gasteiger partial charge in [-0.2, -0.15) is 5.26 Å². The molecule has 1 N–H and O–H groups in total. The second kappa shape index (κ2) is 4.36. The van der Waals surface area contributed by atoms with Crippen molar-refractivity contribution >= 4 is 28.9 Å². The minimum Gasteiger partial charge on any atom is -0.383 e. The van der Waals surface area contributed by atoms with Gasteiger partial charge in [-0.25, -0.2) is 0 Å². The van der Waals surface area contributed by atoms with Crippen molar-refractivity contribution in [2.75, 3.05) is 11.9 Å². The Labute approximate surface area is 87.1 Å². The molecule has 0 saturated carbocycles. The quantitative estimate of drug-likeness (QED) is 0.821. The number of nitriles is 1. The molecule has 0 aliphatic rings. The van der Waals surface area contributed by atoms with Gasteiger partial charge in [0.15, 0.2) is 0 Å². The van der Waals surface area contributed by atoms with Crippen LogP contribution >= 0.6 is 23.2 Å². The summed E-state index contributed by atoms with van der Waals surface area (Å²) in [6.45, 7) is 2.65. The number of benzene rings is 1. The molecule has 0 saturated heterocycles. The minimum atomic E-state index is 0.472. The van der Waals surface area contributed by atoms with Crippen molar-refractivity contribution in [2.45, 2.75) is 6.92 Å². The highest BCUT2D eigenvalue weighted by Crippen LogP contribution is 2.29. The van der Waals surface area contributed by atoms with Crippen LogP contribution < -0.4 is 5.32 Å².